The molecule has 1 saturated carbocycles. The van der Waals surface area contributed by atoms with Gasteiger partial charge in [-0.1, -0.05) is 31.0 Å². The molecular formula is C22H25N3O. The average molecular weight is 347 g/mol. The number of carbonyl (C=O) groups excluding carboxylic acids is 1. The first-order valence-electron chi connectivity index (χ1n) is 9.44. The van der Waals surface area contributed by atoms with Crippen molar-refractivity contribution in [2.75, 3.05) is 11.9 Å². The number of Topliss-reactive ketones (excluding diaryl/α,β-unsaturated/α-hetero) is 1. The Hall–Kier alpha value is -2.62. The number of carbonyl (C=O) groups is 1. The predicted molar refractivity (Wildman–Crippen MR) is 106 cm³/mol. The van der Waals surface area contributed by atoms with E-state index in [0.29, 0.717) is 6.04 Å². The van der Waals surface area contributed by atoms with Crippen LogP contribution >= 0.6 is 0 Å². The van der Waals surface area contributed by atoms with Gasteiger partial charge in [-0.15, -0.1) is 0 Å². The highest BCUT2D eigenvalue weighted by atomic mass is 16.1. The van der Waals surface area contributed by atoms with E-state index in [1.54, 1.807) is 6.20 Å². The van der Waals surface area contributed by atoms with Gasteiger partial charge in [-0.2, -0.15) is 0 Å². The fourth-order valence-electron chi connectivity index (χ4n) is 4.30. The van der Waals surface area contributed by atoms with Crippen LogP contribution in [0, 0.1) is 13.8 Å². The lowest BCUT2D eigenvalue weighted by atomic mass is 10.1. The third kappa shape index (κ3) is 3.00. The van der Waals surface area contributed by atoms with E-state index < -0.39 is 0 Å². The molecule has 0 unspecified atom stereocenters. The molecule has 1 N–H and O–H groups in total. The number of nitrogens with one attached hydrogen (secondary N) is 1. The zero-order valence-corrected chi connectivity index (χ0v) is 15.5. The molecule has 4 rings (SSSR count). The van der Waals surface area contributed by atoms with Crippen LogP contribution in [0.15, 0.2) is 42.6 Å². The van der Waals surface area contributed by atoms with Crippen LogP contribution in [0.5, 0.6) is 0 Å². The molecule has 1 aromatic carbocycles. The molecule has 0 saturated heterocycles. The van der Waals surface area contributed by atoms with Gasteiger partial charge in [0.25, 0.3) is 0 Å². The Morgan fingerprint density at radius 1 is 1.19 bits per heavy atom. The number of nitrogens with zero attached hydrogens (tertiary/aromatic N) is 2. The molecule has 0 bridgehead atoms. The van der Waals surface area contributed by atoms with Crippen molar-refractivity contribution in [2.24, 2.45) is 0 Å². The maximum Gasteiger partial charge on any atom is 0.183 e. The van der Waals surface area contributed by atoms with Crippen LogP contribution in [0.2, 0.25) is 0 Å². The van der Waals surface area contributed by atoms with Crippen LogP contribution in [-0.2, 0) is 0 Å². The summed E-state index contributed by atoms with van der Waals surface area (Å²) in [5.41, 5.74) is 4.96. The molecule has 1 fully saturated rings. The summed E-state index contributed by atoms with van der Waals surface area (Å²) in [7, 11) is 0. The van der Waals surface area contributed by atoms with E-state index in [-0.39, 0.29) is 12.3 Å². The van der Waals surface area contributed by atoms with Crippen LogP contribution < -0.4 is 5.32 Å². The summed E-state index contributed by atoms with van der Waals surface area (Å²) >= 11 is 0. The summed E-state index contributed by atoms with van der Waals surface area (Å²) in [5, 5.41) is 4.36. The second-order valence-corrected chi connectivity index (χ2v) is 7.25. The molecule has 2 aromatic heterocycles. The number of para-hydroxylation sites is 1. The van der Waals surface area contributed by atoms with Crippen LogP contribution in [-0.4, -0.2) is 21.9 Å². The summed E-state index contributed by atoms with van der Waals surface area (Å²) in [5.74, 6) is 0.135. The van der Waals surface area contributed by atoms with Gasteiger partial charge in [0.1, 0.15) is 0 Å². The largest absolute Gasteiger partial charge is 0.376 e. The molecule has 26 heavy (non-hydrogen) atoms. The van der Waals surface area contributed by atoms with E-state index in [4.69, 9.17) is 0 Å². The molecule has 2 heterocycles. The van der Waals surface area contributed by atoms with Gasteiger partial charge in [0.15, 0.2) is 5.78 Å². The van der Waals surface area contributed by atoms with Crippen molar-refractivity contribution in [3.8, 4) is 0 Å². The maximum atomic E-state index is 12.9. The van der Waals surface area contributed by atoms with Gasteiger partial charge < -0.3 is 9.88 Å². The third-order valence-corrected chi connectivity index (χ3v) is 5.55. The van der Waals surface area contributed by atoms with Crippen molar-refractivity contribution >= 4 is 22.4 Å². The molecule has 0 amide bonds. The monoisotopic (exact) mass is 347 g/mol. The fraction of sp³-hybridized carbons (Fsp3) is 0.364. The Kier molecular flexibility index (Phi) is 4.49. The van der Waals surface area contributed by atoms with E-state index in [9.17, 15) is 4.79 Å². The SMILES string of the molecule is Cc1cc(C(=O)CNc2cccc3cccnc23)c(C)n1C1CCCC1. The number of hydrogen-bond acceptors (Lipinski definition) is 3. The maximum absolute atomic E-state index is 12.9. The van der Waals surface area contributed by atoms with Crippen LogP contribution in [0.1, 0.15) is 53.5 Å². The zero-order valence-electron chi connectivity index (χ0n) is 15.5. The number of aryl methyl sites for hydroxylation is 1. The van der Waals surface area contributed by atoms with Crippen molar-refractivity contribution < 1.29 is 4.79 Å². The lowest BCUT2D eigenvalue weighted by molar-refractivity contribution is 0.101. The van der Waals surface area contributed by atoms with Gasteiger partial charge >= 0.3 is 0 Å². The van der Waals surface area contributed by atoms with E-state index in [2.05, 4.69) is 34.8 Å². The summed E-state index contributed by atoms with van der Waals surface area (Å²) in [4.78, 5) is 17.3. The quantitative estimate of drug-likeness (QED) is 0.656. The number of aromatic nitrogens is 2. The van der Waals surface area contributed by atoms with E-state index in [0.717, 1.165) is 27.8 Å². The van der Waals surface area contributed by atoms with E-state index >= 15 is 0 Å². The highest BCUT2D eigenvalue weighted by Crippen LogP contribution is 2.33. The summed E-state index contributed by atoms with van der Waals surface area (Å²) < 4.78 is 2.37. The van der Waals surface area contributed by atoms with Crippen molar-refractivity contribution in [1.29, 1.82) is 0 Å². The number of benzene rings is 1. The minimum Gasteiger partial charge on any atom is -0.376 e. The molecule has 1 aliphatic rings. The van der Waals surface area contributed by atoms with Gasteiger partial charge in [-0.05, 0) is 44.9 Å². The highest BCUT2D eigenvalue weighted by Gasteiger charge is 2.23. The number of hydrogen-bond donors (Lipinski definition) is 1. The summed E-state index contributed by atoms with van der Waals surface area (Å²) in [6.07, 6.45) is 6.82. The molecule has 0 aliphatic heterocycles. The van der Waals surface area contributed by atoms with Gasteiger partial charge in [-0.3, -0.25) is 9.78 Å². The molecule has 0 spiro atoms. The second-order valence-electron chi connectivity index (χ2n) is 7.25. The first kappa shape index (κ1) is 16.8. The first-order chi connectivity index (χ1) is 12.6. The molecule has 134 valence electrons. The zero-order chi connectivity index (χ0) is 18.1. The second kappa shape index (κ2) is 6.94. The van der Waals surface area contributed by atoms with E-state index in [1.807, 2.05) is 30.3 Å². The van der Waals surface area contributed by atoms with Crippen LogP contribution in [0.4, 0.5) is 5.69 Å². The minimum atomic E-state index is 0.135. The summed E-state index contributed by atoms with van der Waals surface area (Å²) in [6.45, 7) is 4.48. The molecule has 3 aromatic rings. The Morgan fingerprint density at radius 3 is 2.77 bits per heavy atom. The average Bonchev–Trinajstić information content (AvgIpc) is 3.27. The fourth-order valence-corrected chi connectivity index (χ4v) is 4.30. The molecular weight excluding hydrogens is 322 g/mol. The number of pyridine rings is 1. The van der Waals surface area contributed by atoms with Gasteiger partial charge in [0, 0.05) is 34.6 Å². The lowest BCUT2D eigenvalue weighted by Gasteiger charge is -2.17. The van der Waals surface area contributed by atoms with Crippen molar-refractivity contribution in [3.05, 3.63) is 59.5 Å². The van der Waals surface area contributed by atoms with Crippen molar-refractivity contribution in [3.63, 3.8) is 0 Å². The molecule has 0 radical (unpaired) electrons. The van der Waals surface area contributed by atoms with Crippen molar-refractivity contribution in [1.82, 2.24) is 9.55 Å². The molecule has 4 nitrogen and oxygen atoms in total. The normalized spacial score (nSPS) is 14.8. The standard InChI is InChI=1S/C22H25N3O/c1-15-13-19(16(2)25(15)18-9-3-4-10-18)21(26)14-24-20-11-5-7-17-8-6-12-23-22(17)20/h5-8,11-13,18,24H,3-4,9-10,14H2,1-2H3. The third-order valence-electron chi connectivity index (χ3n) is 5.55. The van der Waals surface area contributed by atoms with Crippen LogP contribution in [0.25, 0.3) is 10.9 Å². The smallest absolute Gasteiger partial charge is 0.183 e. The Labute approximate surface area is 154 Å². The van der Waals surface area contributed by atoms with Gasteiger partial charge in [0.2, 0.25) is 0 Å². The summed E-state index contributed by atoms with van der Waals surface area (Å²) in [6, 6.07) is 12.6. The lowest BCUT2D eigenvalue weighted by Crippen LogP contribution is -2.16. The first-order valence-corrected chi connectivity index (χ1v) is 9.44. The Bertz CT molecular complexity index is 946. The highest BCUT2D eigenvalue weighted by molar-refractivity contribution is 6.01. The number of ketones is 1. The predicted octanol–water partition coefficient (Wildman–Crippen LogP) is 5.06. The number of rotatable bonds is 5. The number of fused-ring (bicyclic) bond motifs is 1. The van der Waals surface area contributed by atoms with Gasteiger partial charge in [0.05, 0.1) is 17.7 Å². The van der Waals surface area contributed by atoms with Gasteiger partial charge in [-0.25, -0.2) is 0 Å². The molecule has 4 heteroatoms. The number of anilines is 1. The minimum absolute atomic E-state index is 0.135. The Morgan fingerprint density at radius 2 is 1.96 bits per heavy atom. The van der Waals surface area contributed by atoms with Crippen LogP contribution in [0.3, 0.4) is 0 Å². The van der Waals surface area contributed by atoms with E-state index in [1.165, 1.54) is 31.4 Å². The Balaban J connectivity index is 1.54. The topological polar surface area (TPSA) is 46.9 Å². The molecule has 1 aliphatic carbocycles. The molecule has 0 atom stereocenters. The van der Waals surface area contributed by atoms with Crippen molar-refractivity contribution in [2.45, 2.75) is 45.6 Å².